The molecule has 0 spiro atoms. The zero-order valence-electron chi connectivity index (χ0n) is 10.1. The molecule has 0 aliphatic rings. The van der Waals surface area contributed by atoms with Gasteiger partial charge < -0.3 is 5.32 Å². The van der Waals surface area contributed by atoms with Crippen molar-refractivity contribution in [3.8, 4) is 10.4 Å². The minimum Gasteiger partial charge on any atom is -0.350 e. The van der Waals surface area contributed by atoms with Gasteiger partial charge in [-0.3, -0.25) is 9.59 Å². The number of carbonyl (C=O) groups excluding carboxylic acids is 1. The summed E-state index contributed by atoms with van der Waals surface area (Å²) in [7, 11) is 0. The summed E-state index contributed by atoms with van der Waals surface area (Å²) in [6.45, 7) is 3.85. The summed E-state index contributed by atoms with van der Waals surface area (Å²) in [6, 6.07) is 7.42. The quantitative estimate of drug-likeness (QED) is 0.939. The molecule has 1 amide bonds. The maximum Gasteiger partial charge on any atom is 0.287 e. The Labute approximate surface area is 113 Å². The van der Waals surface area contributed by atoms with Crippen LogP contribution in [0.1, 0.15) is 24.2 Å². The fourth-order valence-electron chi connectivity index (χ4n) is 1.50. The zero-order valence-corrected chi connectivity index (χ0v) is 11.7. The number of rotatable bonds is 3. The van der Waals surface area contributed by atoms with Crippen molar-refractivity contribution in [3.63, 3.8) is 0 Å². The maximum absolute atomic E-state index is 11.8. The summed E-state index contributed by atoms with van der Waals surface area (Å²) < 4.78 is 0.0895. The molecule has 1 aromatic heterocycles. The van der Waals surface area contributed by atoms with Crippen molar-refractivity contribution in [2.24, 2.45) is 0 Å². The van der Waals surface area contributed by atoms with Crippen molar-refractivity contribution in [2.75, 3.05) is 0 Å². The Morgan fingerprint density at radius 3 is 2.39 bits per heavy atom. The predicted octanol–water partition coefficient (Wildman–Crippen LogP) is 2.98. The van der Waals surface area contributed by atoms with E-state index in [0.717, 1.165) is 10.4 Å². The average molecular weight is 279 g/mol. The summed E-state index contributed by atoms with van der Waals surface area (Å²) in [5.74, 6) is -0.0740. The topological polar surface area (TPSA) is 46.2 Å². The molecule has 0 unspecified atom stereocenters. The van der Waals surface area contributed by atoms with Gasteiger partial charge in [0.05, 0.1) is 0 Å². The third-order valence-corrected chi connectivity index (χ3v) is 4.28. The van der Waals surface area contributed by atoms with Crippen molar-refractivity contribution in [1.29, 1.82) is 0 Å². The lowest BCUT2D eigenvalue weighted by Gasteiger charge is -2.08. The fourth-order valence-corrected chi connectivity index (χ4v) is 3.21. The lowest BCUT2D eigenvalue weighted by Crippen LogP contribution is -2.29. The molecule has 5 heteroatoms. The van der Waals surface area contributed by atoms with Gasteiger partial charge in [0.25, 0.3) is 9.96 Å². The van der Waals surface area contributed by atoms with Gasteiger partial charge in [-0.1, -0.05) is 34.8 Å². The molecule has 0 aliphatic carbocycles. The van der Waals surface area contributed by atoms with E-state index in [1.807, 2.05) is 31.4 Å². The van der Waals surface area contributed by atoms with Crippen LogP contribution in [-0.2, 0) is 0 Å². The Balaban J connectivity index is 2.20. The molecule has 0 fully saturated rings. The van der Waals surface area contributed by atoms with Gasteiger partial charge in [-0.05, 0) is 31.5 Å². The normalized spacial score (nSPS) is 10.6. The third kappa shape index (κ3) is 3.05. The summed E-state index contributed by atoms with van der Waals surface area (Å²) in [6.07, 6.45) is 0. The fraction of sp³-hybridized carbons (Fsp3) is 0.231. The van der Waals surface area contributed by atoms with E-state index in [2.05, 4.69) is 5.32 Å². The molecule has 18 heavy (non-hydrogen) atoms. The van der Waals surface area contributed by atoms with E-state index in [4.69, 9.17) is 0 Å². The number of amides is 1. The van der Waals surface area contributed by atoms with Crippen molar-refractivity contribution in [1.82, 2.24) is 5.32 Å². The molecule has 0 atom stereocenters. The van der Waals surface area contributed by atoms with E-state index < -0.39 is 0 Å². The van der Waals surface area contributed by atoms with Crippen LogP contribution in [0, 0.1) is 0 Å². The second-order valence-electron chi connectivity index (χ2n) is 4.16. The number of carbonyl (C=O) groups is 1. The first-order chi connectivity index (χ1) is 8.56. The summed E-state index contributed by atoms with van der Waals surface area (Å²) in [5, 5.41) is 4.68. The zero-order chi connectivity index (χ0) is 13.1. The van der Waals surface area contributed by atoms with Gasteiger partial charge >= 0.3 is 0 Å². The standard InChI is InChI=1S/C13H13NO2S2/c1-8(2)14-12(15)10-5-3-9(4-6-10)11-7-17-13(16)18-11/h3-8H,1-2H3,(H,14,15). The summed E-state index contributed by atoms with van der Waals surface area (Å²) in [4.78, 5) is 23.8. The van der Waals surface area contributed by atoms with Crippen molar-refractivity contribution < 1.29 is 4.79 Å². The number of hydrogen-bond donors (Lipinski definition) is 1. The molecule has 94 valence electrons. The smallest absolute Gasteiger partial charge is 0.287 e. The molecule has 1 aromatic carbocycles. The van der Waals surface area contributed by atoms with E-state index in [0.29, 0.717) is 5.56 Å². The van der Waals surface area contributed by atoms with E-state index in [1.54, 1.807) is 12.1 Å². The molecule has 0 bridgehead atoms. The molecule has 0 saturated heterocycles. The number of hydrogen-bond acceptors (Lipinski definition) is 4. The van der Waals surface area contributed by atoms with Gasteiger partial charge in [0.15, 0.2) is 0 Å². The molecular formula is C13H13NO2S2. The van der Waals surface area contributed by atoms with Crippen LogP contribution < -0.4 is 9.37 Å². The highest BCUT2D eigenvalue weighted by molar-refractivity contribution is 7.28. The van der Waals surface area contributed by atoms with Crippen molar-refractivity contribution in [3.05, 3.63) is 44.1 Å². The molecule has 0 aliphatic heterocycles. The summed E-state index contributed by atoms with van der Waals surface area (Å²) in [5.41, 5.74) is 1.61. The molecule has 0 saturated carbocycles. The van der Waals surface area contributed by atoms with Gasteiger partial charge in [-0.2, -0.15) is 0 Å². The number of benzene rings is 1. The van der Waals surface area contributed by atoms with E-state index in [1.165, 1.54) is 22.7 Å². The number of nitrogens with one attached hydrogen (secondary N) is 1. The van der Waals surface area contributed by atoms with Crippen LogP contribution in [0.3, 0.4) is 0 Å². The van der Waals surface area contributed by atoms with Crippen LogP contribution in [0.5, 0.6) is 0 Å². The first-order valence-corrected chi connectivity index (χ1v) is 7.26. The van der Waals surface area contributed by atoms with Crippen LogP contribution in [0.15, 0.2) is 34.4 Å². The Morgan fingerprint density at radius 2 is 1.89 bits per heavy atom. The molecule has 2 rings (SSSR count). The van der Waals surface area contributed by atoms with Gasteiger partial charge in [0, 0.05) is 21.9 Å². The van der Waals surface area contributed by atoms with Crippen molar-refractivity contribution >= 4 is 28.6 Å². The Hall–Kier alpha value is -1.46. The minimum absolute atomic E-state index is 0.0740. The molecule has 1 heterocycles. The molecule has 2 aromatic rings. The van der Waals surface area contributed by atoms with Gasteiger partial charge in [0.1, 0.15) is 0 Å². The highest BCUT2D eigenvalue weighted by Crippen LogP contribution is 2.23. The lowest BCUT2D eigenvalue weighted by atomic mass is 10.1. The van der Waals surface area contributed by atoms with Gasteiger partial charge in [0.2, 0.25) is 0 Å². The van der Waals surface area contributed by atoms with Crippen molar-refractivity contribution in [2.45, 2.75) is 19.9 Å². The first kappa shape index (κ1) is 13.0. The second-order valence-corrected chi connectivity index (χ2v) is 6.27. The molecule has 1 N–H and O–H groups in total. The first-order valence-electron chi connectivity index (χ1n) is 5.56. The molecule has 0 radical (unpaired) electrons. The van der Waals surface area contributed by atoms with Crippen LogP contribution in [0.4, 0.5) is 0 Å². The average Bonchev–Trinajstić information content (AvgIpc) is 2.75. The van der Waals surface area contributed by atoms with Crippen LogP contribution in [-0.4, -0.2) is 11.9 Å². The van der Waals surface area contributed by atoms with E-state index in [-0.39, 0.29) is 16.0 Å². The Bertz CT molecular complexity index is 596. The highest BCUT2D eigenvalue weighted by Gasteiger charge is 2.07. The monoisotopic (exact) mass is 279 g/mol. The van der Waals surface area contributed by atoms with E-state index in [9.17, 15) is 9.59 Å². The largest absolute Gasteiger partial charge is 0.350 e. The van der Waals surface area contributed by atoms with E-state index >= 15 is 0 Å². The Kier molecular flexibility index (Phi) is 3.93. The van der Waals surface area contributed by atoms with Gasteiger partial charge in [-0.15, -0.1) is 0 Å². The van der Waals surface area contributed by atoms with Gasteiger partial charge in [-0.25, -0.2) is 0 Å². The van der Waals surface area contributed by atoms with Crippen LogP contribution in [0.25, 0.3) is 10.4 Å². The highest BCUT2D eigenvalue weighted by atomic mass is 32.2. The maximum atomic E-state index is 11.8. The Morgan fingerprint density at radius 1 is 1.22 bits per heavy atom. The minimum atomic E-state index is -0.0740. The SMILES string of the molecule is CC(C)NC(=O)c1ccc(-c2csc(=O)s2)cc1. The lowest BCUT2D eigenvalue weighted by molar-refractivity contribution is 0.0943. The summed E-state index contributed by atoms with van der Waals surface area (Å²) >= 11 is 2.43. The molecular weight excluding hydrogens is 266 g/mol. The predicted molar refractivity (Wildman–Crippen MR) is 76.5 cm³/mol. The molecule has 3 nitrogen and oxygen atoms in total. The van der Waals surface area contributed by atoms with Crippen LogP contribution >= 0.6 is 22.7 Å². The van der Waals surface area contributed by atoms with Crippen LogP contribution in [0.2, 0.25) is 0 Å². The third-order valence-electron chi connectivity index (χ3n) is 2.31. The second kappa shape index (κ2) is 5.46.